The Labute approximate surface area is 199 Å². The molecule has 0 fully saturated rings. The Kier molecular flexibility index (Phi) is 6.78. The molecule has 32 heavy (non-hydrogen) atoms. The van der Waals surface area contributed by atoms with E-state index in [1.165, 1.54) is 6.07 Å². The quantitative estimate of drug-likeness (QED) is 0.117. The van der Waals surface area contributed by atoms with Gasteiger partial charge in [0.15, 0.2) is 16.8 Å². The molecule has 0 saturated carbocycles. The van der Waals surface area contributed by atoms with Crippen molar-refractivity contribution in [2.45, 2.75) is 13.8 Å². The summed E-state index contributed by atoms with van der Waals surface area (Å²) in [4.78, 5) is 31.1. The molecule has 1 N–H and O–H groups in total. The van der Waals surface area contributed by atoms with E-state index in [0.717, 1.165) is 24.3 Å². The summed E-state index contributed by atoms with van der Waals surface area (Å²) in [7, 11) is 0. The highest BCUT2D eigenvalue weighted by atomic mass is 127. The Balaban J connectivity index is 1.73. The van der Waals surface area contributed by atoms with E-state index in [-0.39, 0.29) is 11.3 Å². The van der Waals surface area contributed by atoms with Crippen molar-refractivity contribution < 1.29 is 13.9 Å². The van der Waals surface area contributed by atoms with Crippen molar-refractivity contribution in [3.63, 3.8) is 0 Å². The van der Waals surface area contributed by atoms with Gasteiger partial charge in [0.05, 0.1) is 11.0 Å². The molecule has 4 rings (SSSR count). The number of nitrogens with one attached hydrogen (secondary N) is 1. The number of nitrogens with zero attached hydrogens (tertiary/aromatic N) is 2. The fourth-order valence-electron chi connectivity index (χ4n) is 3.72. The first-order valence-electron chi connectivity index (χ1n) is 10.6. The molecule has 0 unspecified atom stereocenters. The lowest BCUT2D eigenvalue weighted by molar-refractivity contribution is -0.118. The third-order valence-corrected chi connectivity index (χ3v) is 6.04. The van der Waals surface area contributed by atoms with Crippen molar-refractivity contribution in [3.05, 3.63) is 52.7 Å². The van der Waals surface area contributed by atoms with Gasteiger partial charge in [-0.25, -0.2) is 4.98 Å². The summed E-state index contributed by atoms with van der Waals surface area (Å²) in [6.45, 7) is 6.74. The van der Waals surface area contributed by atoms with Crippen LogP contribution in [0, 0.1) is 0 Å². The zero-order chi connectivity index (χ0) is 22.7. The average molecular weight is 545 g/mol. The molecule has 2 aliphatic rings. The number of halogens is 1. The van der Waals surface area contributed by atoms with E-state index in [9.17, 15) is 9.59 Å². The van der Waals surface area contributed by atoms with E-state index in [1.807, 2.05) is 40.8 Å². The molecule has 1 heterocycles. The number of aromatic nitrogens is 1. The molecule has 1 aliphatic heterocycles. The van der Waals surface area contributed by atoms with Crippen LogP contribution in [0.3, 0.4) is 0 Å². The van der Waals surface area contributed by atoms with Crippen LogP contribution in [0.1, 0.15) is 13.8 Å². The fourth-order valence-corrected chi connectivity index (χ4v) is 3.99. The minimum absolute atomic E-state index is 0.0310. The second-order valence-corrected chi connectivity index (χ2v) is 8.06. The predicted octanol–water partition coefficient (Wildman–Crippen LogP) is 4.22. The molecule has 2 aromatic rings. The Morgan fingerprint density at radius 1 is 1.12 bits per heavy atom. The molecule has 2 aromatic carbocycles. The standard InChI is InChI=1S/C24H24IN3O4/c1-3-28(4-2)15-5-8-19-21(11-15)32-22-13-20(29)17-7-6-16(12-18(17)24(22)27-19)31-10-9-26-23(30)14-25/h5-8,11-13H,3-4,9-10,14H2,1-2H3,(H,26,30). The molecule has 0 aromatic heterocycles. The molecular weight excluding hydrogens is 521 g/mol. The van der Waals surface area contributed by atoms with Crippen molar-refractivity contribution in [2.24, 2.45) is 0 Å². The number of carbonyl (C=O) groups is 1. The summed E-state index contributed by atoms with van der Waals surface area (Å²) in [5.74, 6) is 1.02. The zero-order valence-corrected chi connectivity index (χ0v) is 20.1. The maximum Gasteiger partial charge on any atom is 0.229 e. The Morgan fingerprint density at radius 3 is 2.69 bits per heavy atom. The molecule has 7 nitrogen and oxygen atoms in total. The zero-order valence-electron chi connectivity index (χ0n) is 18.0. The molecule has 0 atom stereocenters. The van der Waals surface area contributed by atoms with Crippen molar-refractivity contribution >= 4 is 56.1 Å². The molecule has 8 heteroatoms. The van der Waals surface area contributed by atoms with E-state index in [0.29, 0.717) is 51.1 Å². The largest absolute Gasteiger partial charge is 0.492 e. The van der Waals surface area contributed by atoms with Crippen molar-refractivity contribution in [2.75, 3.05) is 35.6 Å². The summed E-state index contributed by atoms with van der Waals surface area (Å²) in [6.07, 6.45) is 0. The minimum Gasteiger partial charge on any atom is -0.492 e. The van der Waals surface area contributed by atoms with Gasteiger partial charge in [0.1, 0.15) is 23.6 Å². The molecule has 0 radical (unpaired) electrons. The van der Waals surface area contributed by atoms with Crippen LogP contribution >= 0.6 is 22.6 Å². The van der Waals surface area contributed by atoms with E-state index < -0.39 is 0 Å². The molecule has 0 spiro atoms. The SMILES string of the molecule is CCN(CC)c1ccc2nc3c4cc(OCCNC(=O)CI)ccc4c(=O)cc-3oc2c1. The molecular formula is C24H24IN3O4. The second kappa shape index (κ2) is 9.72. The maximum atomic E-state index is 12.7. The highest BCUT2D eigenvalue weighted by Crippen LogP contribution is 2.33. The fraction of sp³-hybridized carbons (Fsp3) is 0.292. The Morgan fingerprint density at radius 2 is 1.94 bits per heavy atom. The molecule has 0 saturated heterocycles. The third-order valence-electron chi connectivity index (χ3n) is 5.35. The van der Waals surface area contributed by atoms with Crippen molar-refractivity contribution in [3.8, 4) is 17.2 Å². The highest BCUT2D eigenvalue weighted by molar-refractivity contribution is 14.1. The van der Waals surface area contributed by atoms with E-state index in [4.69, 9.17) is 14.1 Å². The van der Waals surface area contributed by atoms with Gasteiger partial charge in [0.2, 0.25) is 5.91 Å². The monoisotopic (exact) mass is 545 g/mol. The number of carbonyl (C=O) groups excluding carboxylic acids is 1. The lowest BCUT2D eigenvalue weighted by Gasteiger charge is -2.21. The summed E-state index contributed by atoms with van der Waals surface area (Å²) in [5, 5.41) is 4.01. The van der Waals surface area contributed by atoms with Gasteiger partial charge < -0.3 is 19.4 Å². The number of benzene rings is 3. The van der Waals surface area contributed by atoms with Crippen LogP contribution in [-0.4, -0.2) is 41.6 Å². The first-order valence-corrected chi connectivity index (χ1v) is 12.1. The van der Waals surface area contributed by atoms with Crippen molar-refractivity contribution in [1.29, 1.82) is 0 Å². The summed E-state index contributed by atoms with van der Waals surface area (Å²) >= 11 is 2.01. The molecule has 166 valence electrons. The van der Waals surface area contributed by atoms with Gasteiger partial charge in [0, 0.05) is 41.7 Å². The normalized spacial score (nSPS) is 11.2. The van der Waals surface area contributed by atoms with Crippen LogP contribution in [0.5, 0.6) is 5.75 Å². The average Bonchev–Trinajstić information content (AvgIpc) is 2.81. The van der Waals surface area contributed by atoms with Crippen LogP contribution < -0.4 is 20.4 Å². The van der Waals surface area contributed by atoms with Gasteiger partial charge >= 0.3 is 0 Å². The highest BCUT2D eigenvalue weighted by Gasteiger charge is 2.17. The lowest BCUT2D eigenvalue weighted by atomic mass is 10.0. The first kappa shape index (κ1) is 22.3. The number of hydrogen-bond donors (Lipinski definition) is 1. The number of alkyl halides is 1. The number of hydrogen-bond acceptors (Lipinski definition) is 6. The van der Waals surface area contributed by atoms with Gasteiger partial charge in [0.25, 0.3) is 0 Å². The summed E-state index contributed by atoms with van der Waals surface area (Å²) < 4.78 is 12.3. The number of anilines is 1. The number of fused-ring (bicyclic) bond motifs is 4. The van der Waals surface area contributed by atoms with Crippen LogP contribution in [-0.2, 0) is 4.79 Å². The molecule has 1 aliphatic carbocycles. The maximum absolute atomic E-state index is 12.7. The topological polar surface area (TPSA) is 84.7 Å². The van der Waals surface area contributed by atoms with E-state index >= 15 is 0 Å². The second-order valence-electron chi connectivity index (χ2n) is 7.30. The van der Waals surface area contributed by atoms with E-state index in [1.54, 1.807) is 18.2 Å². The first-order chi connectivity index (χ1) is 15.5. The van der Waals surface area contributed by atoms with Crippen LogP contribution in [0.4, 0.5) is 5.69 Å². The van der Waals surface area contributed by atoms with Crippen LogP contribution in [0.2, 0.25) is 0 Å². The van der Waals surface area contributed by atoms with Crippen LogP contribution in [0.15, 0.2) is 51.7 Å². The number of rotatable bonds is 8. The minimum atomic E-state index is -0.127. The molecule has 0 bridgehead atoms. The van der Waals surface area contributed by atoms with Gasteiger partial charge in [-0.3, -0.25) is 9.59 Å². The lowest BCUT2D eigenvalue weighted by Crippen LogP contribution is -2.28. The Bertz CT molecular complexity index is 1300. The smallest absolute Gasteiger partial charge is 0.229 e. The van der Waals surface area contributed by atoms with Crippen LogP contribution in [0.25, 0.3) is 33.3 Å². The summed E-state index contributed by atoms with van der Waals surface area (Å²) in [6, 6.07) is 12.7. The van der Waals surface area contributed by atoms with Gasteiger partial charge in [-0.05, 0) is 44.2 Å². The number of amides is 1. The van der Waals surface area contributed by atoms with Crippen molar-refractivity contribution in [1.82, 2.24) is 10.3 Å². The van der Waals surface area contributed by atoms with Gasteiger partial charge in [-0.2, -0.15) is 0 Å². The van der Waals surface area contributed by atoms with Gasteiger partial charge in [-0.1, -0.05) is 22.6 Å². The van der Waals surface area contributed by atoms with E-state index in [2.05, 4.69) is 24.1 Å². The summed E-state index contributed by atoms with van der Waals surface area (Å²) in [5.41, 5.74) is 2.91. The Hall–Kier alpha value is -2.88. The number of ether oxygens (including phenoxy) is 1. The molecule has 1 amide bonds. The van der Waals surface area contributed by atoms with Gasteiger partial charge in [-0.15, -0.1) is 0 Å². The predicted molar refractivity (Wildman–Crippen MR) is 135 cm³/mol. The third kappa shape index (κ3) is 4.50.